The van der Waals surface area contributed by atoms with Crippen LogP contribution < -0.4 is 10.3 Å². The van der Waals surface area contributed by atoms with Gasteiger partial charge in [-0.1, -0.05) is 48.7 Å². The number of unbranched alkanes of at least 4 members (excludes halogenated alkanes) is 1. The predicted octanol–water partition coefficient (Wildman–Crippen LogP) is 5.62. The first-order chi connectivity index (χ1) is 15.9. The van der Waals surface area contributed by atoms with E-state index in [2.05, 4.69) is 6.92 Å². The Morgan fingerprint density at radius 2 is 1.58 bits per heavy atom. The molecule has 0 radical (unpaired) electrons. The van der Waals surface area contributed by atoms with E-state index in [4.69, 9.17) is 27.9 Å². The van der Waals surface area contributed by atoms with Gasteiger partial charge in [-0.15, -0.1) is 0 Å². The van der Waals surface area contributed by atoms with Crippen molar-refractivity contribution in [3.05, 3.63) is 73.6 Å². The summed E-state index contributed by atoms with van der Waals surface area (Å²) in [5.41, 5.74) is 1.03. The number of hydrogen-bond donors (Lipinski definition) is 0. The zero-order valence-electron chi connectivity index (χ0n) is 18.1. The van der Waals surface area contributed by atoms with E-state index in [1.807, 2.05) is 0 Å². The van der Waals surface area contributed by atoms with E-state index in [9.17, 15) is 14.4 Å². The lowest BCUT2D eigenvalue weighted by molar-refractivity contribution is 0.0637. The zero-order chi connectivity index (χ0) is 23.3. The average Bonchev–Trinajstić information content (AvgIpc) is 3.61. The number of halogens is 2. The second-order valence-electron chi connectivity index (χ2n) is 8.44. The Bertz CT molecular complexity index is 1330. The van der Waals surface area contributed by atoms with Crippen molar-refractivity contribution < 1.29 is 14.3 Å². The summed E-state index contributed by atoms with van der Waals surface area (Å²) in [7, 11) is 0. The molecule has 1 saturated carbocycles. The van der Waals surface area contributed by atoms with Crippen molar-refractivity contribution in [2.45, 2.75) is 45.2 Å². The van der Waals surface area contributed by atoms with E-state index in [1.54, 1.807) is 41.0 Å². The Labute approximate surface area is 200 Å². The normalized spacial score (nSPS) is 15.4. The number of carbonyl (C=O) groups is 2. The van der Waals surface area contributed by atoms with E-state index < -0.39 is 0 Å². The second-order valence-corrected chi connectivity index (χ2v) is 9.25. The van der Waals surface area contributed by atoms with Crippen LogP contribution in [0.4, 0.5) is 0 Å². The van der Waals surface area contributed by atoms with Crippen LogP contribution in [0.15, 0.2) is 41.2 Å². The van der Waals surface area contributed by atoms with Crippen molar-refractivity contribution in [2.24, 2.45) is 0 Å². The van der Waals surface area contributed by atoms with Gasteiger partial charge in [-0.05, 0) is 43.5 Å². The molecular formula is C25H22Cl2N2O4. The molecule has 2 heterocycles. The van der Waals surface area contributed by atoms with Crippen LogP contribution in [0.1, 0.15) is 65.1 Å². The molecule has 1 aliphatic carbocycles. The maximum Gasteiger partial charge on any atom is 0.261 e. The van der Waals surface area contributed by atoms with Crippen LogP contribution in [0.5, 0.6) is 5.75 Å². The minimum absolute atomic E-state index is 0.00457. The van der Waals surface area contributed by atoms with Crippen LogP contribution in [0.2, 0.25) is 10.0 Å². The quantitative estimate of drug-likeness (QED) is 0.322. The van der Waals surface area contributed by atoms with Crippen molar-refractivity contribution >= 4 is 45.8 Å². The lowest BCUT2D eigenvalue weighted by Gasteiger charge is -2.23. The number of aromatic nitrogens is 1. The molecule has 0 spiro atoms. The molecule has 1 aromatic heterocycles. The highest BCUT2D eigenvalue weighted by molar-refractivity contribution is 6.42. The minimum atomic E-state index is -0.376. The Hall–Kier alpha value is -2.83. The highest BCUT2D eigenvalue weighted by atomic mass is 35.5. The molecule has 33 heavy (non-hydrogen) atoms. The van der Waals surface area contributed by atoms with Crippen LogP contribution in [0, 0.1) is 0 Å². The number of imide groups is 1. The van der Waals surface area contributed by atoms with Gasteiger partial charge >= 0.3 is 0 Å². The van der Waals surface area contributed by atoms with Gasteiger partial charge in [0.15, 0.2) is 0 Å². The predicted molar refractivity (Wildman–Crippen MR) is 128 cm³/mol. The number of hydrogen-bond acceptors (Lipinski definition) is 4. The van der Waals surface area contributed by atoms with Gasteiger partial charge in [0.1, 0.15) is 5.75 Å². The van der Waals surface area contributed by atoms with E-state index in [0.29, 0.717) is 45.0 Å². The topological polar surface area (TPSA) is 68.6 Å². The molecular weight excluding hydrogens is 463 g/mol. The van der Waals surface area contributed by atoms with E-state index in [1.165, 1.54) is 4.90 Å². The number of rotatable bonds is 7. The van der Waals surface area contributed by atoms with Crippen LogP contribution >= 0.6 is 23.2 Å². The highest BCUT2D eigenvalue weighted by Crippen LogP contribution is 2.41. The van der Waals surface area contributed by atoms with E-state index in [-0.39, 0.29) is 35.0 Å². The summed E-state index contributed by atoms with van der Waals surface area (Å²) >= 11 is 12.5. The summed E-state index contributed by atoms with van der Waals surface area (Å²) in [4.78, 5) is 40.9. The molecule has 0 atom stereocenters. The van der Waals surface area contributed by atoms with Crippen molar-refractivity contribution in [3.63, 3.8) is 0 Å². The molecule has 0 unspecified atom stereocenters. The van der Waals surface area contributed by atoms with Crippen LogP contribution in [-0.2, 0) is 6.54 Å². The van der Waals surface area contributed by atoms with Gasteiger partial charge in [0, 0.05) is 11.4 Å². The second kappa shape index (κ2) is 8.50. The van der Waals surface area contributed by atoms with Gasteiger partial charge in [-0.2, -0.15) is 0 Å². The molecule has 1 fully saturated rings. The summed E-state index contributed by atoms with van der Waals surface area (Å²) in [6, 6.07) is 9.94. The molecule has 0 N–H and O–H groups in total. The molecule has 0 saturated heterocycles. The molecule has 3 aromatic rings. The third-order valence-corrected chi connectivity index (χ3v) is 6.87. The number of ether oxygens (including phenoxy) is 1. The van der Waals surface area contributed by atoms with Crippen molar-refractivity contribution in [3.8, 4) is 5.75 Å². The monoisotopic (exact) mass is 484 g/mol. The zero-order valence-corrected chi connectivity index (χ0v) is 19.6. The first-order valence-corrected chi connectivity index (χ1v) is 11.8. The lowest BCUT2D eigenvalue weighted by atomic mass is 10.1. The van der Waals surface area contributed by atoms with E-state index in [0.717, 1.165) is 25.7 Å². The number of nitrogens with zero attached hydrogens (tertiary/aromatic N) is 2. The number of benzene rings is 2. The average molecular weight is 485 g/mol. The minimum Gasteiger partial charge on any atom is -0.491 e. The number of pyridine rings is 1. The Balaban J connectivity index is 1.70. The molecule has 5 rings (SSSR count). The van der Waals surface area contributed by atoms with Gasteiger partial charge in [-0.25, -0.2) is 0 Å². The Kier molecular flexibility index (Phi) is 5.67. The van der Waals surface area contributed by atoms with Crippen LogP contribution in [0.3, 0.4) is 0 Å². The molecule has 1 aliphatic heterocycles. The summed E-state index contributed by atoms with van der Waals surface area (Å²) in [6.07, 6.45) is 3.44. The number of fused-ring (bicyclic) bond motifs is 2. The smallest absolute Gasteiger partial charge is 0.261 e. The maximum atomic E-state index is 13.5. The number of amides is 2. The molecule has 170 valence electrons. The summed E-state index contributed by atoms with van der Waals surface area (Å²) in [5.74, 6) is -0.279. The third kappa shape index (κ3) is 3.71. The maximum absolute atomic E-state index is 13.5. The Morgan fingerprint density at radius 1 is 0.970 bits per heavy atom. The Morgan fingerprint density at radius 3 is 2.15 bits per heavy atom. The standard InChI is InChI=1S/C25H22Cl2N2O4/c1-2-3-10-33-22-17-11-19(26)20(27)12-18(17)25(32)29(14-8-9-14)21(22)13-28-23(30)15-6-4-5-7-16(15)24(28)31/h4-7,11-12,14H,2-3,8-10,13H2,1H3. The molecule has 0 bridgehead atoms. The van der Waals surface area contributed by atoms with Gasteiger partial charge in [0.25, 0.3) is 17.4 Å². The largest absolute Gasteiger partial charge is 0.491 e. The summed E-state index contributed by atoms with van der Waals surface area (Å²) in [5, 5.41) is 1.54. The molecule has 8 heteroatoms. The summed E-state index contributed by atoms with van der Waals surface area (Å²) in [6.45, 7) is 2.43. The van der Waals surface area contributed by atoms with Crippen LogP contribution in [-0.4, -0.2) is 27.9 Å². The highest BCUT2D eigenvalue weighted by Gasteiger charge is 2.38. The van der Waals surface area contributed by atoms with Crippen molar-refractivity contribution in [1.82, 2.24) is 9.47 Å². The van der Waals surface area contributed by atoms with Crippen molar-refractivity contribution in [2.75, 3.05) is 6.61 Å². The van der Waals surface area contributed by atoms with Gasteiger partial charge in [0.05, 0.1) is 45.4 Å². The van der Waals surface area contributed by atoms with Crippen LogP contribution in [0.25, 0.3) is 10.8 Å². The third-order valence-electron chi connectivity index (χ3n) is 6.15. The van der Waals surface area contributed by atoms with Gasteiger partial charge in [0.2, 0.25) is 0 Å². The fraction of sp³-hybridized carbons (Fsp3) is 0.320. The lowest BCUT2D eigenvalue weighted by Crippen LogP contribution is -2.33. The first-order valence-electron chi connectivity index (χ1n) is 11.1. The fourth-order valence-electron chi connectivity index (χ4n) is 4.31. The van der Waals surface area contributed by atoms with E-state index >= 15 is 0 Å². The molecule has 2 aliphatic rings. The SMILES string of the molecule is CCCCOc1c(CN2C(=O)c3ccccc3C2=O)n(C2CC2)c(=O)c2cc(Cl)c(Cl)cc12. The fourth-order valence-corrected chi connectivity index (χ4v) is 4.64. The molecule has 6 nitrogen and oxygen atoms in total. The molecule has 2 amide bonds. The first kappa shape index (κ1) is 22.0. The van der Waals surface area contributed by atoms with Gasteiger partial charge in [-0.3, -0.25) is 19.3 Å². The molecule has 2 aromatic carbocycles. The number of carbonyl (C=O) groups excluding carboxylic acids is 2. The summed E-state index contributed by atoms with van der Waals surface area (Å²) < 4.78 is 7.88. The van der Waals surface area contributed by atoms with Crippen molar-refractivity contribution in [1.29, 1.82) is 0 Å². The van der Waals surface area contributed by atoms with Gasteiger partial charge < -0.3 is 9.30 Å².